The van der Waals surface area contributed by atoms with Gasteiger partial charge in [-0.2, -0.15) is 5.53 Å². The second-order valence-corrected chi connectivity index (χ2v) is 10.1. The number of hydrogen-bond donors (Lipinski definition) is 4. The largest absolute Gasteiger partial charge is 0.352 e. The van der Waals surface area contributed by atoms with Gasteiger partial charge in [0.2, 0.25) is 11.8 Å². The molecule has 0 bridgehead atoms. The molecule has 1 aliphatic carbocycles. The van der Waals surface area contributed by atoms with Crippen LogP contribution in [-0.2, 0) is 16.1 Å². The third-order valence-electron chi connectivity index (χ3n) is 7.16. The second-order valence-electron chi connectivity index (χ2n) is 9.26. The molecule has 0 spiro atoms. The fourth-order valence-corrected chi connectivity index (χ4v) is 5.76. The normalized spacial score (nSPS) is 29.2. The Morgan fingerprint density at radius 2 is 2.00 bits per heavy atom. The standard InChI is InChI=1S/C25H31N5O2S/c1-15-4-3-5-17(12-15)22-23-27-25(32)20-11-8-18(13-21(20)30(23)29-28-22)24(31)26-14-16-6-9-19(33-2)10-7-16/h3-7,9-10,12,18,20-23,28-29H,8,11,13-14H2,1-2H3,(H,26,31)(H,27,32). The van der Waals surface area contributed by atoms with Crippen LogP contribution in [0.15, 0.2) is 53.4 Å². The average molecular weight is 466 g/mol. The van der Waals surface area contributed by atoms with Crippen molar-refractivity contribution in [2.45, 2.75) is 55.9 Å². The van der Waals surface area contributed by atoms with Gasteiger partial charge in [-0.15, -0.1) is 11.8 Å². The Morgan fingerprint density at radius 1 is 1.18 bits per heavy atom. The van der Waals surface area contributed by atoms with Gasteiger partial charge >= 0.3 is 0 Å². The number of fused-ring (bicyclic) bond motifs is 3. The van der Waals surface area contributed by atoms with Crippen LogP contribution in [-0.4, -0.2) is 35.3 Å². The predicted octanol–water partition coefficient (Wildman–Crippen LogP) is 2.64. The lowest BCUT2D eigenvalue weighted by molar-refractivity contribution is -0.143. The van der Waals surface area contributed by atoms with Crippen LogP contribution in [0.5, 0.6) is 0 Å². The van der Waals surface area contributed by atoms with Crippen LogP contribution in [0.25, 0.3) is 0 Å². The third kappa shape index (κ3) is 4.53. The van der Waals surface area contributed by atoms with E-state index in [0.29, 0.717) is 13.0 Å². The Kier molecular flexibility index (Phi) is 6.42. The van der Waals surface area contributed by atoms with E-state index in [0.717, 1.165) is 24.0 Å². The zero-order valence-corrected chi connectivity index (χ0v) is 19.8. The Labute approximate surface area is 199 Å². The molecule has 4 N–H and O–H groups in total. The topological polar surface area (TPSA) is 85.5 Å². The summed E-state index contributed by atoms with van der Waals surface area (Å²) in [5, 5.41) is 8.44. The smallest absolute Gasteiger partial charge is 0.226 e. The molecule has 0 aromatic heterocycles. The van der Waals surface area contributed by atoms with Crippen LogP contribution in [0.3, 0.4) is 0 Å². The first-order valence-corrected chi connectivity index (χ1v) is 12.8. The van der Waals surface area contributed by atoms with E-state index in [1.807, 2.05) is 6.07 Å². The maximum atomic E-state index is 13.0. The van der Waals surface area contributed by atoms with Gasteiger partial charge < -0.3 is 10.6 Å². The summed E-state index contributed by atoms with van der Waals surface area (Å²) in [5.74, 6) is -0.0255. The first-order valence-electron chi connectivity index (χ1n) is 11.6. The highest BCUT2D eigenvalue weighted by Crippen LogP contribution is 2.39. The summed E-state index contributed by atoms with van der Waals surface area (Å²) in [6.45, 7) is 2.60. The summed E-state index contributed by atoms with van der Waals surface area (Å²) in [4.78, 5) is 27.2. The molecular weight excluding hydrogens is 434 g/mol. The minimum atomic E-state index is -0.183. The van der Waals surface area contributed by atoms with Crippen molar-refractivity contribution in [2.75, 3.05) is 6.26 Å². The van der Waals surface area contributed by atoms with E-state index in [-0.39, 0.29) is 41.9 Å². The van der Waals surface area contributed by atoms with Gasteiger partial charge in [-0.1, -0.05) is 42.0 Å². The Morgan fingerprint density at radius 3 is 2.76 bits per heavy atom. The number of aryl methyl sites for hydroxylation is 1. The van der Waals surface area contributed by atoms with Crippen molar-refractivity contribution in [3.05, 3.63) is 65.2 Å². The zero-order chi connectivity index (χ0) is 22.9. The minimum absolute atomic E-state index is 0.0172. The molecule has 33 heavy (non-hydrogen) atoms. The lowest BCUT2D eigenvalue weighted by Crippen LogP contribution is -2.65. The molecule has 2 heterocycles. The molecule has 2 saturated heterocycles. The molecule has 5 rings (SSSR count). The van der Waals surface area contributed by atoms with E-state index in [1.165, 1.54) is 10.5 Å². The Hall–Kier alpha value is -2.39. The third-order valence-corrected chi connectivity index (χ3v) is 7.91. The van der Waals surface area contributed by atoms with Crippen molar-refractivity contribution in [1.82, 2.24) is 26.6 Å². The molecule has 5 atom stereocenters. The van der Waals surface area contributed by atoms with Gasteiger partial charge in [0, 0.05) is 23.4 Å². The molecule has 0 radical (unpaired) electrons. The van der Waals surface area contributed by atoms with E-state index in [1.54, 1.807) is 11.8 Å². The summed E-state index contributed by atoms with van der Waals surface area (Å²) in [6, 6.07) is 16.5. The number of benzene rings is 2. The van der Waals surface area contributed by atoms with Crippen LogP contribution in [0.4, 0.5) is 0 Å². The minimum Gasteiger partial charge on any atom is -0.352 e. The first-order chi connectivity index (χ1) is 16.0. The van der Waals surface area contributed by atoms with Crippen molar-refractivity contribution < 1.29 is 9.59 Å². The highest BCUT2D eigenvalue weighted by atomic mass is 32.2. The second kappa shape index (κ2) is 9.46. The zero-order valence-electron chi connectivity index (χ0n) is 19.0. The van der Waals surface area contributed by atoms with Crippen molar-refractivity contribution in [3.8, 4) is 0 Å². The highest BCUT2D eigenvalue weighted by molar-refractivity contribution is 7.98. The number of nitrogens with zero attached hydrogens (tertiary/aromatic N) is 1. The van der Waals surface area contributed by atoms with Gasteiger partial charge in [0.05, 0.1) is 12.0 Å². The number of carbonyl (C=O) groups excluding carboxylic acids is 2. The number of thioether (sulfide) groups is 1. The van der Waals surface area contributed by atoms with Gasteiger partial charge in [-0.3, -0.25) is 9.59 Å². The molecule has 174 valence electrons. The van der Waals surface area contributed by atoms with Crippen LogP contribution < -0.4 is 21.6 Å². The van der Waals surface area contributed by atoms with Gasteiger partial charge in [0.15, 0.2) is 0 Å². The number of hydrazine groups is 2. The van der Waals surface area contributed by atoms with Crippen molar-refractivity contribution in [3.63, 3.8) is 0 Å². The summed E-state index contributed by atoms with van der Waals surface area (Å²) >= 11 is 1.71. The molecule has 2 amide bonds. The molecular formula is C25H31N5O2S. The molecule has 3 aliphatic rings. The number of hydrogen-bond acceptors (Lipinski definition) is 6. The summed E-state index contributed by atoms with van der Waals surface area (Å²) in [7, 11) is 0. The lowest BCUT2D eigenvalue weighted by atomic mass is 9.75. The van der Waals surface area contributed by atoms with E-state index >= 15 is 0 Å². The predicted molar refractivity (Wildman–Crippen MR) is 129 cm³/mol. The van der Waals surface area contributed by atoms with Gasteiger partial charge in [-0.25, -0.2) is 10.4 Å². The van der Waals surface area contributed by atoms with Crippen LogP contribution in [0.2, 0.25) is 0 Å². The first kappa shape index (κ1) is 22.4. The van der Waals surface area contributed by atoms with E-state index in [4.69, 9.17) is 0 Å². The number of amides is 2. The van der Waals surface area contributed by atoms with Crippen LogP contribution in [0, 0.1) is 18.8 Å². The fourth-order valence-electron chi connectivity index (χ4n) is 5.35. The fraction of sp³-hybridized carbons (Fsp3) is 0.440. The maximum absolute atomic E-state index is 13.0. The molecule has 5 unspecified atom stereocenters. The van der Waals surface area contributed by atoms with E-state index in [9.17, 15) is 9.59 Å². The Balaban J connectivity index is 1.25. The summed E-state index contributed by atoms with van der Waals surface area (Å²) in [5.41, 5.74) is 10.1. The van der Waals surface area contributed by atoms with E-state index in [2.05, 4.69) is 82.2 Å². The number of carbonyl (C=O) groups is 2. The Bertz CT molecular complexity index is 1030. The molecule has 8 heteroatoms. The quantitative estimate of drug-likeness (QED) is 0.508. The molecule has 1 saturated carbocycles. The van der Waals surface area contributed by atoms with Gasteiger partial charge in [-0.05, 0) is 55.7 Å². The number of nitrogens with one attached hydrogen (secondary N) is 4. The SMILES string of the molecule is CSc1ccc(CNC(=O)C2CCC3C(=O)NC4C(c5cccc(C)c5)NNN4C3C2)cc1. The number of rotatable bonds is 5. The van der Waals surface area contributed by atoms with Crippen molar-refractivity contribution >= 4 is 23.6 Å². The summed E-state index contributed by atoms with van der Waals surface area (Å²) < 4.78 is 0. The molecule has 2 aromatic rings. The van der Waals surface area contributed by atoms with Gasteiger partial charge in [0.25, 0.3) is 0 Å². The van der Waals surface area contributed by atoms with Crippen molar-refractivity contribution in [1.29, 1.82) is 0 Å². The maximum Gasteiger partial charge on any atom is 0.226 e. The monoisotopic (exact) mass is 465 g/mol. The van der Waals surface area contributed by atoms with Crippen molar-refractivity contribution in [2.24, 2.45) is 11.8 Å². The van der Waals surface area contributed by atoms with Crippen LogP contribution in [0.1, 0.15) is 42.0 Å². The molecule has 2 aliphatic heterocycles. The highest BCUT2D eigenvalue weighted by Gasteiger charge is 2.51. The lowest BCUT2D eigenvalue weighted by Gasteiger charge is -2.46. The molecule has 7 nitrogen and oxygen atoms in total. The molecule has 2 aromatic carbocycles. The van der Waals surface area contributed by atoms with Crippen LogP contribution >= 0.6 is 11.8 Å². The van der Waals surface area contributed by atoms with Gasteiger partial charge in [0.1, 0.15) is 6.17 Å². The van der Waals surface area contributed by atoms with E-state index < -0.39 is 0 Å². The average Bonchev–Trinajstić information content (AvgIpc) is 3.26. The summed E-state index contributed by atoms with van der Waals surface area (Å²) in [6.07, 6.45) is 3.99. The molecule has 3 fully saturated rings.